The Morgan fingerprint density at radius 3 is 2.69 bits per heavy atom. The molecule has 3 fully saturated rings. The molecule has 1 N–H and O–H groups in total. The highest BCUT2D eigenvalue weighted by atomic mass is 35.5. The molecule has 5 nitrogen and oxygen atoms in total. The number of rotatable bonds is 2. The number of likely N-dealkylation sites (tertiary alicyclic amines) is 2. The summed E-state index contributed by atoms with van der Waals surface area (Å²) in [5.74, 6) is -0.133. The van der Waals surface area contributed by atoms with Gasteiger partial charge in [-0.2, -0.15) is 0 Å². The van der Waals surface area contributed by atoms with Gasteiger partial charge >= 0.3 is 0 Å². The third-order valence-corrected chi connectivity index (χ3v) is 6.36. The topological polar surface area (TPSA) is 52.7 Å². The van der Waals surface area contributed by atoms with Gasteiger partial charge in [0.2, 0.25) is 5.91 Å². The second-order valence-electron chi connectivity index (χ2n) is 7.49. The van der Waals surface area contributed by atoms with Crippen LogP contribution in [0.2, 0.25) is 10.0 Å². The quantitative estimate of drug-likeness (QED) is 0.837. The van der Waals surface area contributed by atoms with E-state index in [1.54, 1.807) is 23.1 Å². The molecule has 26 heavy (non-hydrogen) atoms. The fourth-order valence-corrected chi connectivity index (χ4v) is 4.81. The summed E-state index contributed by atoms with van der Waals surface area (Å²) in [6.45, 7) is 2.09. The summed E-state index contributed by atoms with van der Waals surface area (Å²) in [5.41, 5.74) is 0.371. The molecule has 140 valence electrons. The molecule has 4 rings (SSSR count). The standard InChI is InChI=1S/C19H23Cl2N3O2/c20-12-3-6-16(21)15(10-12)18(25)24-8-1-2-17(24)19(26)23-9-7-13-4-5-14(11-23)22-13/h3,6,10,13-14,17,22H,1-2,4-5,7-9,11H2. The molecule has 1 aromatic carbocycles. The lowest BCUT2D eigenvalue weighted by molar-refractivity contribution is -0.135. The summed E-state index contributed by atoms with van der Waals surface area (Å²) in [5, 5.41) is 4.43. The van der Waals surface area contributed by atoms with Crippen molar-refractivity contribution in [2.45, 2.75) is 50.2 Å². The molecule has 0 saturated carbocycles. The Balaban J connectivity index is 1.51. The zero-order valence-corrected chi connectivity index (χ0v) is 16.1. The number of halogens is 2. The van der Waals surface area contributed by atoms with E-state index < -0.39 is 6.04 Å². The highest BCUT2D eigenvalue weighted by Crippen LogP contribution is 2.28. The van der Waals surface area contributed by atoms with Crippen LogP contribution in [0.1, 0.15) is 42.5 Å². The number of hydrogen-bond donors (Lipinski definition) is 1. The number of amides is 2. The average Bonchev–Trinajstić information content (AvgIpc) is 3.22. The van der Waals surface area contributed by atoms with E-state index in [1.165, 1.54) is 6.42 Å². The van der Waals surface area contributed by atoms with Crippen LogP contribution in [0.15, 0.2) is 18.2 Å². The van der Waals surface area contributed by atoms with Gasteiger partial charge < -0.3 is 15.1 Å². The highest BCUT2D eigenvalue weighted by Gasteiger charge is 2.39. The first kappa shape index (κ1) is 18.1. The zero-order chi connectivity index (χ0) is 18.3. The van der Waals surface area contributed by atoms with Crippen molar-refractivity contribution in [3.8, 4) is 0 Å². The normalized spacial score (nSPS) is 28.3. The van der Waals surface area contributed by atoms with Gasteiger partial charge in [-0.3, -0.25) is 9.59 Å². The minimum absolute atomic E-state index is 0.0725. The van der Waals surface area contributed by atoms with Gasteiger partial charge in [-0.15, -0.1) is 0 Å². The van der Waals surface area contributed by atoms with E-state index in [0.29, 0.717) is 40.7 Å². The Hall–Kier alpha value is -1.30. The first-order valence-corrected chi connectivity index (χ1v) is 10.1. The molecule has 2 bridgehead atoms. The van der Waals surface area contributed by atoms with E-state index in [2.05, 4.69) is 5.32 Å². The minimum Gasteiger partial charge on any atom is -0.339 e. The van der Waals surface area contributed by atoms with Gasteiger partial charge in [0.1, 0.15) is 6.04 Å². The fourth-order valence-electron chi connectivity index (χ4n) is 4.44. The Morgan fingerprint density at radius 1 is 1.04 bits per heavy atom. The largest absolute Gasteiger partial charge is 0.339 e. The maximum absolute atomic E-state index is 13.2. The number of benzene rings is 1. The van der Waals surface area contributed by atoms with Gasteiger partial charge in [0.15, 0.2) is 0 Å². The van der Waals surface area contributed by atoms with Crippen molar-refractivity contribution in [2.75, 3.05) is 19.6 Å². The molecule has 3 saturated heterocycles. The smallest absolute Gasteiger partial charge is 0.256 e. The van der Waals surface area contributed by atoms with Crippen molar-refractivity contribution < 1.29 is 9.59 Å². The second-order valence-corrected chi connectivity index (χ2v) is 8.34. The van der Waals surface area contributed by atoms with E-state index >= 15 is 0 Å². The van der Waals surface area contributed by atoms with Crippen molar-refractivity contribution in [2.24, 2.45) is 0 Å². The van der Waals surface area contributed by atoms with Crippen molar-refractivity contribution in [1.82, 2.24) is 15.1 Å². The lowest BCUT2D eigenvalue weighted by Crippen LogP contribution is -2.50. The molecule has 3 aliphatic heterocycles. The third kappa shape index (κ3) is 3.45. The van der Waals surface area contributed by atoms with E-state index in [0.717, 1.165) is 32.4 Å². The van der Waals surface area contributed by atoms with E-state index in [1.807, 2.05) is 4.90 Å². The summed E-state index contributed by atoms with van der Waals surface area (Å²) in [4.78, 5) is 29.8. The number of fused-ring (bicyclic) bond motifs is 2. The minimum atomic E-state index is -0.394. The molecule has 3 heterocycles. The highest BCUT2D eigenvalue weighted by molar-refractivity contribution is 6.35. The molecular weight excluding hydrogens is 373 g/mol. The average molecular weight is 396 g/mol. The molecule has 0 spiro atoms. The van der Waals surface area contributed by atoms with Crippen molar-refractivity contribution in [3.63, 3.8) is 0 Å². The molecule has 0 radical (unpaired) electrons. The van der Waals surface area contributed by atoms with Crippen LogP contribution >= 0.6 is 23.2 Å². The zero-order valence-electron chi connectivity index (χ0n) is 14.6. The van der Waals surface area contributed by atoms with Crippen LogP contribution in [-0.2, 0) is 4.79 Å². The second kappa shape index (κ2) is 7.37. The summed E-state index contributed by atoms with van der Waals surface area (Å²) >= 11 is 12.2. The van der Waals surface area contributed by atoms with Gasteiger partial charge in [0.05, 0.1) is 10.6 Å². The summed E-state index contributed by atoms with van der Waals surface area (Å²) in [7, 11) is 0. The fraction of sp³-hybridized carbons (Fsp3) is 0.579. The Kier molecular flexibility index (Phi) is 5.13. The van der Waals surface area contributed by atoms with E-state index in [9.17, 15) is 9.59 Å². The molecule has 7 heteroatoms. The van der Waals surface area contributed by atoms with Gasteiger partial charge in [-0.05, 0) is 50.3 Å². The summed E-state index contributed by atoms with van der Waals surface area (Å²) < 4.78 is 0. The molecule has 0 aromatic heterocycles. The molecule has 3 atom stereocenters. The molecule has 0 aliphatic carbocycles. The molecule has 3 unspecified atom stereocenters. The third-order valence-electron chi connectivity index (χ3n) is 5.79. The Labute approximate surface area is 163 Å². The molecule has 3 aliphatic rings. The first-order chi connectivity index (χ1) is 12.5. The van der Waals surface area contributed by atoms with Crippen molar-refractivity contribution >= 4 is 35.0 Å². The van der Waals surface area contributed by atoms with Crippen LogP contribution in [0, 0.1) is 0 Å². The SMILES string of the molecule is O=C(C1CCCN1C(=O)c1cc(Cl)ccc1Cl)N1CCC2CCC(C1)N2. The number of nitrogens with one attached hydrogen (secondary N) is 1. The van der Waals surface area contributed by atoms with Gasteiger partial charge in [0.25, 0.3) is 5.91 Å². The van der Waals surface area contributed by atoms with Gasteiger partial charge in [0, 0.05) is 36.7 Å². The first-order valence-electron chi connectivity index (χ1n) is 9.34. The van der Waals surface area contributed by atoms with Crippen LogP contribution in [0.4, 0.5) is 0 Å². The maximum Gasteiger partial charge on any atom is 0.256 e. The van der Waals surface area contributed by atoms with Gasteiger partial charge in [-0.25, -0.2) is 0 Å². The summed E-state index contributed by atoms with van der Waals surface area (Å²) in [6, 6.07) is 5.40. The number of hydrogen-bond acceptors (Lipinski definition) is 3. The number of carbonyl (C=O) groups is 2. The molecule has 2 amide bonds. The van der Waals surface area contributed by atoms with Gasteiger partial charge in [-0.1, -0.05) is 23.2 Å². The predicted octanol–water partition coefficient (Wildman–Crippen LogP) is 2.95. The Morgan fingerprint density at radius 2 is 1.85 bits per heavy atom. The van der Waals surface area contributed by atoms with Crippen LogP contribution in [-0.4, -0.2) is 59.4 Å². The van der Waals surface area contributed by atoms with Crippen LogP contribution in [0.5, 0.6) is 0 Å². The van der Waals surface area contributed by atoms with Crippen molar-refractivity contribution in [1.29, 1.82) is 0 Å². The van der Waals surface area contributed by atoms with E-state index in [4.69, 9.17) is 23.2 Å². The molecular formula is C19H23Cl2N3O2. The Bertz CT molecular complexity index is 727. The number of carbonyl (C=O) groups excluding carboxylic acids is 2. The van der Waals surface area contributed by atoms with Crippen LogP contribution < -0.4 is 5.32 Å². The summed E-state index contributed by atoms with van der Waals surface area (Å²) in [6.07, 6.45) is 4.86. The lowest BCUT2D eigenvalue weighted by Gasteiger charge is -2.31. The van der Waals surface area contributed by atoms with Crippen LogP contribution in [0.3, 0.4) is 0 Å². The van der Waals surface area contributed by atoms with Crippen molar-refractivity contribution in [3.05, 3.63) is 33.8 Å². The number of nitrogens with zero attached hydrogens (tertiary/aromatic N) is 2. The van der Waals surface area contributed by atoms with E-state index in [-0.39, 0.29) is 11.8 Å². The molecule has 1 aromatic rings. The monoisotopic (exact) mass is 395 g/mol. The predicted molar refractivity (Wildman–Crippen MR) is 102 cm³/mol. The lowest BCUT2D eigenvalue weighted by atomic mass is 10.1. The maximum atomic E-state index is 13.2. The van der Waals surface area contributed by atoms with Crippen LogP contribution in [0.25, 0.3) is 0 Å².